The molecular weight excluding hydrogens is 291 g/mol. The summed E-state index contributed by atoms with van der Waals surface area (Å²) < 4.78 is 0. The van der Waals surface area contributed by atoms with Gasteiger partial charge in [0.15, 0.2) is 0 Å². The van der Waals surface area contributed by atoms with Crippen LogP contribution >= 0.6 is 23.2 Å². The number of amides is 1. The van der Waals surface area contributed by atoms with E-state index in [1.54, 1.807) is 6.92 Å². The Bertz CT molecular complexity index is 502. The number of nitro benzene ring substituents is 1. The van der Waals surface area contributed by atoms with Crippen LogP contribution in [0, 0.1) is 10.1 Å². The number of carbonyl (C=O) groups excluding carboxylic acids is 1. The number of benzene rings is 1. The maximum absolute atomic E-state index is 12.1. The lowest BCUT2D eigenvalue weighted by Gasteiger charge is -2.26. The van der Waals surface area contributed by atoms with Crippen molar-refractivity contribution in [2.24, 2.45) is 0 Å². The molecule has 0 heterocycles. The van der Waals surface area contributed by atoms with Crippen molar-refractivity contribution < 1.29 is 9.72 Å². The second-order valence-electron chi connectivity index (χ2n) is 4.42. The van der Waals surface area contributed by atoms with E-state index in [2.05, 4.69) is 5.32 Å². The maximum Gasteiger partial charge on any atom is 0.283 e. The van der Waals surface area contributed by atoms with Gasteiger partial charge in [0.25, 0.3) is 11.6 Å². The molecule has 0 fully saturated rings. The van der Waals surface area contributed by atoms with Crippen LogP contribution in [-0.4, -0.2) is 22.2 Å². The van der Waals surface area contributed by atoms with Gasteiger partial charge >= 0.3 is 0 Å². The predicted molar refractivity (Wildman–Crippen MR) is 75.0 cm³/mol. The van der Waals surface area contributed by atoms with E-state index in [0.29, 0.717) is 6.42 Å². The highest BCUT2D eigenvalue weighted by Crippen LogP contribution is 2.24. The van der Waals surface area contributed by atoms with Crippen molar-refractivity contribution in [1.29, 1.82) is 0 Å². The molecule has 1 aromatic rings. The number of nitrogens with one attached hydrogen (secondary N) is 1. The van der Waals surface area contributed by atoms with Crippen molar-refractivity contribution in [3.05, 3.63) is 38.9 Å². The van der Waals surface area contributed by atoms with Crippen LogP contribution in [0.5, 0.6) is 0 Å². The molecule has 1 N–H and O–H groups in total. The summed E-state index contributed by atoms with van der Waals surface area (Å²) in [5, 5.41) is 13.8. The lowest BCUT2D eigenvalue weighted by molar-refractivity contribution is -0.385. The van der Waals surface area contributed by atoms with Crippen molar-refractivity contribution in [1.82, 2.24) is 5.32 Å². The minimum Gasteiger partial charge on any atom is -0.345 e. The van der Waals surface area contributed by atoms with E-state index >= 15 is 0 Å². The largest absolute Gasteiger partial charge is 0.345 e. The van der Waals surface area contributed by atoms with Gasteiger partial charge in [-0.2, -0.15) is 0 Å². The number of rotatable bonds is 5. The Kier molecular flexibility index (Phi) is 5.14. The summed E-state index contributed by atoms with van der Waals surface area (Å²) in [6.07, 6.45) is 0.615. The molecule has 0 saturated heterocycles. The molecule has 0 aliphatic rings. The zero-order valence-electron chi connectivity index (χ0n) is 10.6. The predicted octanol–water partition coefficient (Wildman–Crippen LogP) is 3.39. The standard InChI is InChI=1S/C12H14Cl2N2O3/c1-3-12(2,7-13)15-11(17)9-5-4-8(14)6-10(9)16(18)19/h4-6H,3,7H2,1-2H3,(H,15,17). The molecule has 1 atom stereocenters. The third-order valence-corrected chi connectivity index (χ3v) is 3.72. The van der Waals surface area contributed by atoms with Gasteiger partial charge in [0.2, 0.25) is 0 Å². The number of nitrogens with zero attached hydrogens (tertiary/aromatic N) is 1. The number of halogens is 2. The monoisotopic (exact) mass is 304 g/mol. The Morgan fingerprint density at radius 3 is 2.63 bits per heavy atom. The normalized spacial score (nSPS) is 13.7. The second-order valence-corrected chi connectivity index (χ2v) is 5.12. The van der Waals surface area contributed by atoms with Gasteiger partial charge in [0.1, 0.15) is 5.56 Å². The molecule has 0 saturated carbocycles. The van der Waals surface area contributed by atoms with E-state index < -0.39 is 16.4 Å². The molecule has 104 valence electrons. The van der Waals surface area contributed by atoms with Gasteiger partial charge in [0.05, 0.1) is 10.5 Å². The van der Waals surface area contributed by atoms with Crippen molar-refractivity contribution in [2.45, 2.75) is 25.8 Å². The first-order chi connectivity index (χ1) is 8.83. The van der Waals surface area contributed by atoms with E-state index in [9.17, 15) is 14.9 Å². The first-order valence-electron chi connectivity index (χ1n) is 5.65. The SMILES string of the molecule is CCC(C)(CCl)NC(=O)c1ccc(Cl)cc1[N+](=O)[O-]. The molecule has 19 heavy (non-hydrogen) atoms. The maximum atomic E-state index is 12.1. The third kappa shape index (κ3) is 3.81. The molecule has 7 heteroatoms. The summed E-state index contributed by atoms with van der Waals surface area (Å²) in [6.45, 7) is 3.65. The molecule has 0 bridgehead atoms. The van der Waals surface area contributed by atoms with Crippen molar-refractivity contribution in [3.63, 3.8) is 0 Å². The van der Waals surface area contributed by atoms with Gasteiger partial charge in [-0.25, -0.2) is 0 Å². The fraction of sp³-hybridized carbons (Fsp3) is 0.417. The molecule has 0 aliphatic carbocycles. The molecule has 0 aromatic heterocycles. The number of hydrogen-bond acceptors (Lipinski definition) is 3. The molecule has 5 nitrogen and oxygen atoms in total. The highest BCUT2D eigenvalue weighted by molar-refractivity contribution is 6.31. The minimum absolute atomic E-state index is 0.0285. The summed E-state index contributed by atoms with van der Waals surface area (Å²) in [5.41, 5.74) is -0.955. The Labute approximate surface area is 121 Å². The minimum atomic E-state index is -0.634. The summed E-state index contributed by atoms with van der Waals surface area (Å²) in [5.74, 6) is -0.315. The Hall–Kier alpha value is -1.33. The fourth-order valence-corrected chi connectivity index (χ4v) is 1.83. The van der Waals surface area contributed by atoms with Crippen LogP contribution in [0.3, 0.4) is 0 Å². The van der Waals surface area contributed by atoms with Gasteiger partial charge < -0.3 is 5.32 Å². The summed E-state index contributed by atoms with van der Waals surface area (Å²) in [7, 11) is 0. The molecule has 1 rings (SSSR count). The van der Waals surface area contributed by atoms with Gasteiger partial charge in [-0.15, -0.1) is 11.6 Å². The lowest BCUT2D eigenvalue weighted by atomic mass is 10.0. The number of hydrogen-bond donors (Lipinski definition) is 1. The number of alkyl halides is 1. The number of carbonyl (C=O) groups is 1. The average molecular weight is 305 g/mol. The molecule has 1 amide bonds. The van der Waals surface area contributed by atoms with Crippen LogP contribution in [0.25, 0.3) is 0 Å². The van der Waals surface area contributed by atoms with Crippen molar-refractivity contribution in [3.8, 4) is 0 Å². The van der Waals surface area contributed by atoms with E-state index in [4.69, 9.17) is 23.2 Å². The first kappa shape index (κ1) is 15.7. The van der Waals surface area contributed by atoms with Crippen LogP contribution in [0.2, 0.25) is 5.02 Å². The molecule has 0 spiro atoms. The zero-order valence-corrected chi connectivity index (χ0v) is 12.1. The van der Waals surface area contributed by atoms with Crippen molar-refractivity contribution >= 4 is 34.8 Å². The third-order valence-electron chi connectivity index (χ3n) is 2.89. The Balaban J connectivity index is 3.10. The van der Waals surface area contributed by atoms with E-state index in [0.717, 1.165) is 6.07 Å². The zero-order chi connectivity index (χ0) is 14.6. The topological polar surface area (TPSA) is 72.2 Å². The van der Waals surface area contributed by atoms with E-state index in [1.807, 2.05) is 6.92 Å². The van der Waals surface area contributed by atoms with Crippen LogP contribution in [-0.2, 0) is 0 Å². The van der Waals surface area contributed by atoms with Crippen molar-refractivity contribution in [2.75, 3.05) is 5.88 Å². The highest BCUT2D eigenvalue weighted by atomic mass is 35.5. The van der Waals surface area contributed by atoms with Crippen LogP contribution in [0.1, 0.15) is 30.6 Å². The Morgan fingerprint density at radius 1 is 1.53 bits per heavy atom. The molecule has 1 aromatic carbocycles. The summed E-state index contributed by atoms with van der Waals surface area (Å²) in [4.78, 5) is 22.4. The molecule has 0 aliphatic heterocycles. The highest BCUT2D eigenvalue weighted by Gasteiger charge is 2.27. The summed E-state index contributed by atoms with van der Waals surface area (Å²) >= 11 is 11.5. The lowest BCUT2D eigenvalue weighted by Crippen LogP contribution is -2.47. The van der Waals surface area contributed by atoms with E-state index in [-0.39, 0.29) is 22.2 Å². The molecule has 1 unspecified atom stereocenters. The van der Waals surface area contributed by atoms with Crippen LogP contribution in [0.4, 0.5) is 5.69 Å². The quantitative estimate of drug-likeness (QED) is 0.515. The van der Waals surface area contributed by atoms with Crippen LogP contribution in [0.15, 0.2) is 18.2 Å². The molecular formula is C12H14Cl2N2O3. The van der Waals surface area contributed by atoms with Gasteiger partial charge in [0, 0.05) is 17.0 Å². The van der Waals surface area contributed by atoms with E-state index in [1.165, 1.54) is 12.1 Å². The fourth-order valence-electron chi connectivity index (χ4n) is 1.41. The smallest absolute Gasteiger partial charge is 0.283 e. The van der Waals surface area contributed by atoms with Gasteiger partial charge in [-0.3, -0.25) is 14.9 Å². The van der Waals surface area contributed by atoms with Gasteiger partial charge in [-0.05, 0) is 25.5 Å². The summed E-state index contributed by atoms with van der Waals surface area (Å²) in [6, 6.07) is 3.92. The first-order valence-corrected chi connectivity index (χ1v) is 6.56. The number of nitro groups is 1. The molecule has 0 radical (unpaired) electrons. The second kappa shape index (κ2) is 6.21. The Morgan fingerprint density at radius 2 is 2.16 bits per heavy atom. The van der Waals surface area contributed by atoms with Gasteiger partial charge in [-0.1, -0.05) is 18.5 Å². The average Bonchev–Trinajstić information content (AvgIpc) is 2.38. The van der Waals surface area contributed by atoms with Crippen LogP contribution < -0.4 is 5.32 Å².